The van der Waals surface area contributed by atoms with Gasteiger partial charge in [-0.1, -0.05) is 0 Å². The standard InChI is InChI=1S/C26H24FN7O2/c1-14-7-17(19-4-3-15(13-35)11-29-19)16-5-6-33(22(16)8-14)24-10-21(28-2)25-30-12-23(34(25)32-24)26(36)31-20-9-18(20)27/h3-4,7-8,10-13,18,20,28H,5-6,9H2,1-2H3,(H,31,36)/t18-,20+/m0/s1. The number of amides is 1. The zero-order valence-corrected chi connectivity index (χ0v) is 19.8. The molecule has 4 aromatic rings. The number of imidazole rings is 1. The van der Waals surface area contributed by atoms with E-state index in [9.17, 15) is 14.0 Å². The number of hydrogen-bond donors (Lipinski definition) is 2. The van der Waals surface area contributed by atoms with Gasteiger partial charge in [0.25, 0.3) is 5.91 Å². The maximum absolute atomic E-state index is 13.4. The van der Waals surface area contributed by atoms with Crippen molar-refractivity contribution in [3.8, 4) is 11.3 Å². The molecule has 182 valence electrons. The van der Waals surface area contributed by atoms with Crippen LogP contribution in [-0.4, -0.2) is 57.6 Å². The first-order valence-electron chi connectivity index (χ1n) is 11.8. The molecule has 0 unspecified atom stereocenters. The van der Waals surface area contributed by atoms with Gasteiger partial charge in [0.15, 0.2) is 23.4 Å². The fourth-order valence-electron chi connectivity index (χ4n) is 4.73. The minimum Gasteiger partial charge on any atom is -0.385 e. The molecule has 2 atom stereocenters. The third-order valence-corrected chi connectivity index (χ3v) is 6.71. The predicted molar refractivity (Wildman–Crippen MR) is 134 cm³/mol. The number of aldehydes is 1. The lowest BCUT2D eigenvalue weighted by molar-refractivity contribution is 0.0940. The molecule has 0 radical (unpaired) electrons. The van der Waals surface area contributed by atoms with Crippen LogP contribution in [-0.2, 0) is 6.42 Å². The van der Waals surface area contributed by atoms with E-state index in [2.05, 4.69) is 37.6 Å². The van der Waals surface area contributed by atoms with Gasteiger partial charge in [0, 0.05) is 49.1 Å². The highest BCUT2D eigenvalue weighted by molar-refractivity contribution is 5.94. The van der Waals surface area contributed by atoms with Gasteiger partial charge in [-0.25, -0.2) is 13.9 Å². The first kappa shape index (κ1) is 22.1. The van der Waals surface area contributed by atoms with Crippen molar-refractivity contribution in [3.05, 3.63) is 65.1 Å². The van der Waals surface area contributed by atoms with Crippen molar-refractivity contribution in [1.29, 1.82) is 0 Å². The minimum absolute atomic E-state index is 0.256. The molecule has 6 rings (SSSR count). The highest BCUT2D eigenvalue weighted by atomic mass is 19.1. The smallest absolute Gasteiger partial charge is 0.271 e. The van der Waals surface area contributed by atoms with Gasteiger partial charge in [0.2, 0.25) is 0 Å². The molecule has 0 spiro atoms. The second-order valence-electron chi connectivity index (χ2n) is 9.18. The number of fused-ring (bicyclic) bond motifs is 2. The molecule has 0 saturated heterocycles. The molecule has 1 aliphatic carbocycles. The number of alkyl halides is 1. The summed E-state index contributed by atoms with van der Waals surface area (Å²) < 4.78 is 14.9. The highest BCUT2D eigenvalue weighted by Gasteiger charge is 2.39. The molecule has 2 aliphatic rings. The lowest BCUT2D eigenvalue weighted by Crippen LogP contribution is -2.28. The summed E-state index contributed by atoms with van der Waals surface area (Å²) in [7, 11) is 1.79. The van der Waals surface area contributed by atoms with E-state index in [1.54, 1.807) is 19.3 Å². The van der Waals surface area contributed by atoms with Crippen molar-refractivity contribution in [2.75, 3.05) is 23.8 Å². The number of pyridine rings is 1. The van der Waals surface area contributed by atoms with Crippen LogP contribution in [0.1, 0.15) is 38.4 Å². The molecule has 36 heavy (non-hydrogen) atoms. The van der Waals surface area contributed by atoms with Crippen molar-refractivity contribution in [1.82, 2.24) is 24.9 Å². The lowest BCUT2D eigenvalue weighted by Gasteiger charge is -2.21. The molecule has 9 nitrogen and oxygen atoms in total. The van der Waals surface area contributed by atoms with Crippen molar-refractivity contribution in [2.45, 2.75) is 32.0 Å². The first-order valence-corrected chi connectivity index (χ1v) is 11.8. The molecule has 1 saturated carbocycles. The zero-order valence-electron chi connectivity index (χ0n) is 19.8. The van der Waals surface area contributed by atoms with Gasteiger partial charge in [0.05, 0.1) is 23.6 Å². The van der Waals surface area contributed by atoms with Crippen molar-refractivity contribution in [3.63, 3.8) is 0 Å². The lowest BCUT2D eigenvalue weighted by atomic mass is 9.98. The summed E-state index contributed by atoms with van der Waals surface area (Å²) in [6, 6.07) is 9.32. The quantitative estimate of drug-likeness (QED) is 0.403. The summed E-state index contributed by atoms with van der Waals surface area (Å²) in [6.07, 6.45) is 3.96. The fraction of sp³-hybridized carbons (Fsp3) is 0.269. The Morgan fingerprint density at radius 2 is 2.03 bits per heavy atom. The van der Waals surface area contributed by atoms with Crippen LogP contribution < -0.4 is 15.5 Å². The molecule has 1 aromatic carbocycles. The fourth-order valence-corrected chi connectivity index (χ4v) is 4.73. The molecule has 3 aromatic heterocycles. The Bertz CT molecular complexity index is 1520. The SMILES string of the molecule is CNc1cc(N2CCc3c(-c4ccc(C=O)cn4)cc(C)cc32)nn2c(C(=O)N[C@@H]3C[C@@H]3F)cnc12. The number of rotatable bonds is 6. The normalized spacial score (nSPS) is 18.2. The summed E-state index contributed by atoms with van der Waals surface area (Å²) in [5, 5.41) is 10.6. The number of aryl methyl sites for hydroxylation is 1. The van der Waals surface area contributed by atoms with E-state index in [0.29, 0.717) is 30.0 Å². The molecule has 1 fully saturated rings. The Labute approximate surface area is 206 Å². The van der Waals surface area contributed by atoms with Crippen LogP contribution in [0, 0.1) is 6.92 Å². The third kappa shape index (κ3) is 3.65. The largest absolute Gasteiger partial charge is 0.385 e. The molecule has 0 bridgehead atoms. The molecule has 1 aliphatic heterocycles. The Kier molecular flexibility index (Phi) is 5.17. The number of anilines is 3. The van der Waals surface area contributed by atoms with Crippen LogP contribution in [0.3, 0.4) is 0 Å². The number of halogens is 1. The first-order chi connectivity index (χ1) is 17.5. The van der Waals surface area contributed by atoms with Gasteiger partial charge in [-0.05, 0) is 48.7 Å². The molecular formula is C26H24FN7O2. The van der Waals surface area contributed by atoms with Crippen molar-refractivity contribution < 1.29 is 14.0 Å². The summed E-state index contributed by atoms with van der Waals surface area (Å²) >= 11 is 0. The van der Waals surface area contributed by atoms with Gasteiger partial charge in [-0.15, -0.1) is 5.10 Å². The van der Waals surface area contributed by atoms with Crippen LogP contribution >= 0.6 is 0 Å². The van der Waals surface area contributed by atoms with Gasteiger partial charge in [-0.3, -0.25) is 14.6 Å². The van der Waals surface area contributed by atoms with Crippen LogP contribution in [0.15, 0.2) is 42.7 Å². The summed E-state index contributed by atoms with van der Waals surface area (Å²) in [5.74, 6) is 0.261. The van der Waals surface area contributed by atoms with E-state index in [-0.39, 0.29) is 5.69 Å². The molecule has 4 heterocycles. The van der Waals surface area contributed by atoms with Gasteiger partial charge >= 0.3 is 0 Å². The van der Waals surface area contributed by atoms with E-state index in [1.165, 1.54) is 10.7 Å². The molecule has 10 heteroatoms. The maximum atomic E-state index is 13.4. The molecular weight excluding hydrogens is 461 g/mol. The molecule has 2 N–H and O–H groups in total. The van der Waals surface area contributed by atoms with E-state index in [0.717, 1.165) is 46.5 Å². The van der Waals surface area contributed by atoms with Crippen LogP contribution in [0.25, 0.3) is 16.9 Å². The van der Waals surface area contributed by atoms with Crippen LogP contribution in [0.5, 0.6) is 0 Å². The Morgan fingerprint density at radius 3 is 2.72 bits per heavy atom. The zero-order chi connectivity index (χ0) is 25.0. The van der Waals surface area contributed by atoms with Gasteiger partial charge in [-0.2, -0.15) is 0 Å². The van der Waals surface area contributed by atoms with E-state index in [4.69, 9.17) is 5.10 Å². The number of nitrogens with zero attached hydrogens (tertiary/aromatic N) is 5. The summed E-state index contributed by atoms with van der Waals surface area (Å²) in [5.41, 5.74) is 7.09. The second-order valence-corrected chi connectivity index (χ2v) is 9.18. The van der Waals surface area contributed by atoms with Crippen molar-refractivity contribution in [2.24, 2.45) is 0 Å². The average Bonchev–Trinajstić information content (AvgIpc) is 3.24. The predicted octanol–water partition coefficient (Wildman–Crippen LogP) is 3.49. The van der Waals surface area contributed by atoms with E-state index >= 15 is 0 Å². The second kappa shape index (κ2) is 8.40. The number of carbonyl (C=O) groups excluding carboxylic acids is 2. The Hall–Kier alpha value is -4.34. The number of aromatic nitrogens is 4. The maximum Gasteiger partial charge on any atom is 0.271 e. The number of carbonyl (C=O) groups is 2. The summed E-state index contributed by atoms with van der Waals surface area (Å²) in [4.78, 5) is 34.9. The number of benzene rings is 1. The van der Waals surface area contributed by atoms with Crippen LogP contribution in [0.2, 0.25) is 0 Å². The highest BCUT2D eigenvalue weighted by Crippen LogP contribution is 2.40. The Morgan fingerprint density at radius 1 is 1.19 bits per heavy atom. The Balaban J connectivity index is 1.42. The number of nitrogens with one attached hydrogen (secondary N) is 2. The topological polar surface area (TPSA) is 105 Å². The monoisotopic (exact) mass is 485 g/mol. The summed E-state index contributed by atoms with van der Waals surface area (Å²) in [6.45, 7) is 2.73. The third-order valence-electron chi connectivity index (χ3n) is 6.71. The number of hydrogen-bond acceptors (Lipinski definition) is 7. The minimum atomic E-state index is -0.993. The van der Waals surface area contributed by atoms with Crippen LogP contribution in [0.4, 0.5) is 21.6 Å². The van der Waals surface area contributed by atoms with Gasteiger partial charge < -0.3 is 15.5 Å². The average molecular weight is 486 g/mol. The van der Waals surface area contributed by atoms with E-state index in [1.807, 2.05) is 19.1 Å². The van der Waals surface area contributed by atoms with Gasteiger partial charge in [0.1, 0.15) is 6.17 Å². The molecule has 1 amide bonds. The van der Waals surface area contributed by atoms with E-state index < -0.39 is 18.1 Å². The van der Waals surface area contributed by atoms with Crippen molar-refractivity contribution >= 4 is 35.0 Å².